The monoisotopic (exact) mass is 527 g/mol. The molecule has 0 fully saturated rings. The summed E-state index contributed by atoms with van der Waals surface area (Å²) in [5.74, 6) is -0.694. The second-order valence-electron chi connectivity index (χ2n) is 11.6. The molecule has 0 saturated carbocycles. The highest BCUT2D eigenvalue weighted by Gasteiger charge is 2.24. The summed E-state index contributed by atoms with van der Waals surface area (Å²) in [4.78, 5) is 25.8. The molecule has 2 aromatic rings. The van der Waals surface area contributed by atoms with Crippen LogP contribution in [0.25, 0.3) is 0 Å². The van der Waals surface area contributed by atoms with E-state index < -0.39 is 15.7 Å². The second kappa shape index (κ2) is 10.2. The zero-order valence-electron chi connectivity index (χ0n) is 22.7. The van der Waals surface area contributed by atoms with Crippen molar-refractivity contribution < 1.29 is 18.0 Å². The van der Waals surface area contributed by atoms with Crippen LogP contribution in [0.2, 0.25) is 0 Å². The zero-order chi connectivity index (χ0) is 27.8. The number of sulfone groups is 1. The molecule has 2 aromatic carbocycles. The van der Waals surface area contributed by atoms with Gasteiger partial charge >= 0.3 is 0 Å². The number of anilines is 2. The molecule has 0 saturated heterocycles. The number of nitrogens with zero attached hydrogens (tertiary/aromatic N) is 1. The number of amides is 2. The summed E-state index contributed by atoms with van der Waals surface area (Å²) >= 11 is 0. The number of hydrogen-bond donors (Lipinski definition) is 4. The maximum absolute atomic E-state index is 13.2. The minimum absolute atomic E-state index is 0.0520. The number of carbonyl (C=O) groups is 2. The SMILES string of the molecule is Cc1ccc(C(=O)Nc2cc(C(C)(C)C)ccc2S(C)(=O)=O)cc1N1C=C(C(=O)NCC(C)(C)C)NN1. The van der Waals surface area contributed by atoms with Crippen molar-refractivity contribution >= 4 is 33.0 Å². The predicted octanol–water partition coefficient (Wildman–Crippen LogP) is 3.78. The van der Waals surface area contributed by atoms with Gasteiger partial charge in [0.2, 0.25) is 0 Å². The van der Waals surface area contributed by atoms with Crippen LogP contribution < -0.4 is 26.6 Å². The highest BCUT2D eigenvalue weighted by molar-refractivity contribution is 7.90. The summed E-state index contributed by atoms with van der Waals surface area (Å²) in [6, 6.07) is 10.2. The average molecular weight is 528 g/mol. The van der Waals surface area contributed by atoms with Gasteiger partial charge in [-0.25, -0.2) is 8.42 Å². The van der Waals surface area contributed by atoms with Crippen LogP contribution in [0.3, 0.4) is 0 Å². The van der Waals surface area contributed by atoms with Crippen LogP contribution in [0, 0.1) is 12.3 Å². The Bertz CT molecular complexity index is 1350. The number of carbonyl (C=O) groups excluding carboxylic acids is 2. The molecule has 2 amide bonds. The topological polar surface area (TPSA) is 120 Å². The molecule has 9 nitrogen and oxygen atoms in total. The third-order valence-electron chi connectivity index (χ3n) is 5.82. The maximum Gasteiger partial charge on any atom is 0.270 e. The average Bonchev–Trinajstić information content (AvgIpc) is 3.26. The number of benzene rings is 2. The zero-order valence-corrected chi connectivity index (χ0v) is 23.6. The normalized spacial score (nSPS) is 14.2. The van der Waals surface area contributed by atoms with E-state index in [2.05, 4.69) is 21.6 Å². The van der Waals surface area contributed by atoms with Gasteiger partial charge in [0.05, 0.1) is 22.5 Å². The van der Waals surface area contributed by atoms with Gasteiger partial charge < -0.3 is 10.6 Å². The van der Waals surface area contributed by atoms with Crippen LogP contribution in [-0.4, -0.2) is 33.0 Å². The quantitative estimate of drug-likeness (QED) is 0.451. The molecule has 3 rings (SSSR count). The summed E-state index contributed by atoms with van der Waals surface area (Å²) in [6.45, 7) is 14.6. The van der Waals surface area contributed by atoms with E-state index in [1.54, 1.807) is 41.5 Å². The van der Waals surface area contributed by atoms with Gasteiger partial charge in [-0.2, -0.15) is 0 Å². The first kappa shape index (κ1) is 28.2. The molecular formula is C27H37N5O4S. The van der Waals surface area contributed by atoms with Gasteiger partial charge in [-0.3, -0.25) is 20.0 Å². The van der Waals surface area contributed by atoms with Crippen LogP contribution in [0.1, 0.15) is 63.0 Å². The maximum atomic E-state index is 13.2. The lowest BCUT2D eigenvalue weighted by Gasteiger charge is -2.22. The van der Waals surface area contributed by atoms with E-state index in [1.165, 1.54) is 6.07 Å². The number of aryl methyl sites for hydroxylation is 1. The summed E-state index contributed by atoms with van der Waals surface area (Å²) in [5.41, 5.74) is 8.84. The Morgan fingerprint density at radius 3 is 2.24 bits per heavy atom. The first-order valence-electron chi connectivity index (χ1n) is 12.0. The number of rotatable bonds is 6. The van der Waals surface area contributed by atoms with Gasteiger partial charge in [-0.15, -0.1) is 5.53 Å². The highest BCUT2D eigenvalue weighted by Crippen LogP contribution is 2.30. The van der Waals surface area contributed by atoms with Crippen molar-refractivity contribution in [3.63, 3.8) is 0 Å². The van der Waals surface area contributed by atoms with Crippen molar-refractivity contribution in [3.05, 3.63) is 65.0 Å². The van der Waals surface area contributed by atoms with E-state index in [-0.39, 0.29) is 27.3 Å². The molecule has 1 aliphatic rings. The molecule has 0 aliphatic carbocycles. The van der Waals surface area contributed by atoms with Gasteiger partial charge in [-0.1, -0.05) is 53.7 Å². The molecule has 200 valence electrons. The Balaban J connectivity index is 1.87. The molecule has 0 radical (unpaired) electrons. The molecule has 0 aromatic heterocycles. The number of hydrogen-bond acceptors (Lipinski definition) is 7. The Morgan fingerprint density at radius 2 is 1.65 bits per heavy atom. The fourth-order valence-electron chi connectivity index (χ4n) is 3.62. The van der Waals surface area contributed by atoms with Crippen LogP contribution in [0.15, 0.2) is 53.2 Å². The van der Waals surface area contributed by atoms with Crippen LogP contribution >= 0.6 is 0 Å². The van der Waals surface area contributed by atoms with E-state index >= 15 is 0 Å². The minimum Gasteiger partial charge on any atom is -0.350 e. The summed E-state index contributed by atoms with van der Waals surface area (Å²) in [5, 5.41) is 7.30. The molecular weight excluding hydrogens is 490 g/mol. The van der Waals surface area contributed by atoms with Gasteiger partial charge in [-0.05, 0) is 53.1 Å². The Hall–Kier alpha value is -3.37. The predicted molar refractivity (Wildman–Crippen MR) is 147 cm³/mol. The molecule has 4 N–H and O–H groups in total. The first-order chi connectivity index (χ1) is 17.0. The molecule has 37 heavy (non-hydrogen) atoms. The molecule has 0 atom stereocenters. The van der Waals surface area contributed by atoms with Crippen molar-refractivity contribution in [2.75, 3.05) is 23.1 Å². The van der Waals surface area contributed by atoms with Crippen molar-refractivity contribution in [1.82, 2.24) is 16.3 Å². The van der Waals surface area contributed by atoms with Crippen molar-refractivity contribution in [3.8, 4) is 0 Å². The van der Waals surface area contributed by atoms with E-state index in [0.717, 1.165) is 17.4 Å². The van der Waals surface area contributed by atoms with E-state index in [4.69, 9.17) is 0 Å². The highest BCUT2D eigenvalue weighted by atomic mass is 32.2. The van der Waals surface area contributed by atoms with Crippen LogP contribution in [0.4, 0.5) is 11.4 Å². The molecule has 0 unspecified atom stereocenters. The van der Waals surface area contributed by atoms with Gasteiger partial charge in [0.1, 0.15) is 5.70 Å². The van der Waals surface area contributed by atoms with Crippen molar-refractivity contribution in [2.24, 2.45) is 5.41 Å². The summed E-state index contributed by atoms with van der Waals surface area (Å²) in [6.07, 6.45) is 2.74. The van der Waals surface area contributed by atoms with Gasteiger partial charge in [0, 0.05) is 18.4 Å². The Kier molecular flexibility index (Phi) is 7.76. The number of hydrazine groups is 2. The van der Waals surface area contributed by atoms with Crippen LogP contribution in [-0.2, 0) is 20.0 Å². The summed E-state index contributed by atoms with van der Waals surface area (Å²) in [7, 11) is -3.57. The van der Waals surface area contributed by atoms with Crippen molar-refractivity contribution in [1.29, 1.82) is 0 Å². The lowest BCUT2D eigenvalue weighted by Crippen LogP contribution is -2.40. The van der Waals surface area contributed by atoms with Crippen molar-refractivity contribution in [2.45, 2.75) is 58.8 Å². The molecule has 1 heterocycles. The van der Waals surface area contributed by atoms with E-state index in [9.17, 15) is 18.0 Å². The molecule has 1 aliphatic heterocycles. The van der Waals surface area contributed by atoms with Gasteiger partial charge in [0.15, 0.2) is 9.84 Å². The number of nitrogens with one attached hydrogen (secondary N) is 4. The smallest absolute Gasteiger partial charge is 0.270 e. The third-order valence-corrected chi connectivity index (χ3v) is 6.97. The Labute approximate surface area is 219 Å². The third kappa shape index (κ3) is 7.11. The minimum atomic E-state index is -3.57. The lowest BCUT2D eigenvalue weighted by atomic mass is 9.87. The van der Waals surface area contributed by atoms with E-state index in [0.29, 0.717) is 23.5 Å². The fourth-order valence-corrected chi connectivity index (χ4v) is 4.45. The van der Waals surface area contributed by atoms with E-state index in [1.807, 2.05) is 48.5 Å². The van der Waals surface area contributed by atoms with Crippen LogP contribution in [0.5, 0.6) is 0 Å². The molecule has 0 spiro atoms. The second-order valence-corrected chi connectivity index (χ2v) is 13.6. The summed E-state index contributed by atoms with van der Waals surface area (Å²) < 4.78 is 24.8. The lowest BCUT2D eigenvalue weighted by molar-refractivity contribution is -0.118. The largest absolute Gasteiger partial charge is 0.350 e. The Morgan fingerprint density at radius 1 is 0.973 bits per heavy atom. The molecule has 10 heteroatoms. The fraction of sp³-hybridized carbons (Fsp3) is 0.407. The first-order valence-corrected chi connectivity index (χ1v) is 13.9. The van der Waals surface area contributed by atoms with Gasteiger partial charge in [0.25, 0.3) is 11.8 Å². The standard InChI is InChI=1S/C27H37N5O4S/c1-17-9-10-18(13-22(17)32-15-21(30-31-32)25(34)28-16-26(2,3)4)24(33)29-20-14-19(27(5,6)7)11-12-23(20)37(8,35)36/h9-15,30-31H,16H2,1-8H3,(H,28,34)(H,29,33). The molecule has 0 bridgehead atoms.